The molecule has 1 aliphatic heterocycles. The number of thiol groups is 1. The molecule has 0 radical (unpaired) electrons. The Kier molecular flexibility index (Phi) is 42.2. The fourth-order valence-corrected chi connectivity index (χ4v) is 4.62. The third-order valence-electron chi connectivity index (χ3n) is 6.94. The molecule has 41 heavy (non-hydrogen) atoms. The number of nitrogens with zero attached hydrogens (tertiary/aromatic N) is 1. The lowest BCUT2D eigenvalue weighted by Gasteiger charge is -2.44. The van der Waals surface area contributed by atoms with Crippen molar-refractivity contribution in [1.82, 2.24) is 5.32 Å². The maximum atomic E-state index is 8.32. The Hall–Kier alpha value is -1.10. The number of allylic oxidation sites excluding steroid dienone is 3. The first-order valence-corrected chi connectivity index (χ1v) is 17.9. The summed E-state index contributed by atoms with van der Waals surface area (Å²) in [5.41, 5.74) is 2.73. The van der Waals surface area contributed by atoms with E-state index in [1.165, 1.54) is 82.6 Å². The highest BCUT2D eigenvalue weighted by molar-refractivity contribution is 7.79. The lowest BCUT2D eigenvalue weighted by molar-refractivity contribution is -0.933. The second-order valence-electron chi connectivity index (χ2n) is 10.8. The first kappa shape index (κ1) is 46.8. The van der Waals surface area contributed by atoms with Crippen molar-refractivity contribution in [2.45, 2.75) is 151 Å². The largest absolute Gasteiger partial charge is 0.307 e. The SMILES string of the molecule is C=C(C(=N)/C=C\CCC)C1=CCC[N+](C)(C(CCCCCCC)NC)C1.C=CCCCCCC.CC.CCC.CS. The van der Waals surface area contributed by atoms with Gasteiger partial charge in [-0.25, -0.2) is 0 Å². The standard InChI is InChI=1S/C23H42N3.C8H16.C3H8.C2H6.CH4S/c1-6-8-10-11-13-17-23(25-4)26(5)18-14-15-21(19-26)20(3)22(24)16-12-9-7-2;1-3-5-7-8-6-4-2;1-3-2;2*1-2/h12,15-16,23-25H,3,6-11,13-14,17-19H2,1-2,4-5H3;3H,1,4-8H2,2H3;3H2,1-2H3;1-2H3;2H,1H3/q+1;;;;/b16-12-,24-22?;;;;. The van der Waals surface area contributed by atoms with E-state index in [4.69, 9.17) is 5.41 Å². The maximum absolute atomic E-state index is 8.32. The van der Waals surface area contributed by atoms with Crippen LogP contribution in [0.1, 0.15) is 145 Å². The molecule has 244 valence electrons. The fourth-order valence-electron chi connectivity index (χ4n) is 4.62. The Morgan fingerprint density at radius 2 is 1.49 bits per heavy atom. The minimum atomic E-state index is 0.484. The third-order valence-corrected chi connectivity index (χ3v) is 6.94. The van der Waals surface area contributed by atoms with Crippen LogP contribution in [0.4, 0.5) is 0 Å². The summed E-state index contributed by atoms with van der Waals surface area (Å²) in [6, 6.07) is 0. The van der Waals surface area contributed by atoms with Gasteiger partial charge in [0.2, 0.25) is 0 Å². The van der Waals surface area contributed by atoms with Crippen LogP contribution in [0.5, 0.6) is 0 Å². The highest BCUT2D eigenvalue weighted by Gasteiger charge is 2.34. The van der Waals surface area contributed by atoms with Crippen molar-refractivity contribution in [3.63, 3.8) is 0 Å². The highest BCUT2D eigenvalue weighted by Crippen LogP contribution is 2.26. The molecule has 0 fully saturated rings. The molecular weight excluding hydrogens is 518 g/mol. The van der Waals surface area contributed by atoms with Gasteiger partial charge in [0.15, 0.2) is 0 Å². The zero-order valence-electron chi connectivity index (χ0n) is 29.7. The Labute approximate surface area is 265 Å². The lowest BCUT2D eigenvalue weighted by atomic mass is 9.95. The first-order chi connectivity index (χ1) is 19.8. The fraction of sp³-hybridized carbons (Fsp3) is 0.757. The summed E-state index contributed by atoms with van der Waals surface area (Å²) in [6.45, 7) is 24.9. The van der Waals surface area contributed by atoms with Crippen molar-refractivity contribution in [1.29, 1.82) is 5.41 Å². The van der Waals surface area contributed by atoms with Gasteiger partial charge in [-0.15, -0.1) is 6.58 Å². The summed E-state index contributed by atoms with van der Waals surface area (Å²) in [7, 11) is 4.46. The van der Waals surface area contributed by atoms with Gasteiger partial charge in [-0.05, 0) is 45.1 Å². The molecule has 4 heteroatoms. The minimum Gasteiger partial charge on any atom is -0.307 e. The quantitative estimate of drug-likeness (QED) is 0.0477. The molecule has 0 aromatic carbocycles. The van der Waals surface area contributed by atoms with Crippen molar-refractivity contribution in [2.24, 2.45) is 0 Å². The molecule has 2 unspecified atom stereocenters. The van der Waals surface area contributed by atoms with Crippen LogP contribution in [0.25, 0.3) is 0 Å². The third kappa shape index (κ3) is 27.5. The normalized spacial score (nSPS) is 16.2. The predicted octanol–water partition coefficient (Wildman–Crippen LogP) is 11.7. The molecule has 0 saturated carbocycles. The van der Waals surface area contributed by atoms with E-state index < -0.39 is 0 Å². The Bertz CT molecular complexity index is 638. The second kappa shape index (κ2) is 36.9. The van der Waals surface area contributed by atoms with Gasteiger partial charge in [0.1, 0.15) is 12.7 Å². The number of nitrogens with one attached hydrogen (secondary N) is 2. The van der Waals surface area contributed by atoms with Crippen LogP contribution in [0.2, 0.25) is 0 Å². The van der Waals surface area contributed by atoms with Gasteiger partial charge in [0.05, 0.1) is 19.3 Å². The van der Waals surface area contributed by atoms with E-state index in [1.807, 2.05) is 26.0 Å². The lowest BCUT2D eigenvalue weighted by Crippen LogP contribution is -2.60. The van der Waals surface area contributed by atoms with Gasteiger partial charge in [-0.3, -0.25) is 5.32 Å². The molecule has 2 atom stereocenters. The van der Waals surface area contributed by atoms with Crippen LogP contribution < -0.4 is 5.32 Å². The number of unbranched alkanes of at least 4 members (excludes halogenated alkanes) is 9. The van der Waals surface area contributed by atoms with E-state index in [9.17, 15) is 0 Å². The van der Waals surface area contributed by atoms with E-state index in [0.717, 1.165) is 42.4 Å². The molecule has 1 heterocycles. The molecule has 0 spiro atoms. The molecule has 0 bridgehead atoms. The summed E-state index contributed by atoms with van der Waals surface area (Å²) < 4.78 is 1.01. The van der Waals surface area contributed by atoms with Gasteiger partial charge >= 0.3 is 0 Å². The number of hydrogen-bond donors (Lipinski definition) is 3. The van der Waals surface area contributed by atoms with E-state index in [-0.39, 0.29) is 0 Å². The van der Waals surface area contributed by atoms with Crippen molar-refractivity contribution < 1.29 is 4.48 Å². The zero-order valence-corrected chi connectivity index (χ0v) is 30.6. The van der Waals surface area contributed by atoms with Crippen molar-refractivity contribution in [3.8, 4) is 0 Å². The average Bonchev–Trinajstić information content (AvgIpc) is 2.99. The highest BCUT2D eigenvalue weighted by atomic mass is 32.1. The van der Waals surface area contributed by atoms with Crippen molar-refractivity contribution >= 4 is 18.3 Å². The van der Waals surface area contributed by atoms with Crippen molar-refractivity contribution in [3.05, 3.63) is 48.6 Å². The van der Waals surface area contributed by atoms with E-state index in [2.05, 4.69) is 92.0 Å². The Balaban J connectivity index is -0.000000379. The Morgan fingerprint density at radius 3 is 1.98 bits per heavy atom. The molecule has 0 aliphatic carbocycles. The number of quaternary nitrogens is 1. The molecule has 3 nitrogen and oxygen atoms in total. The van der Waals surface area contributed by atoms with E-state index >= 15 is 0 Å². The molecule has 0 aromatic rings. The maximum Gasteiger partial charge on any atom is 0.142 e. The molecule has 0 saturated heterocycles. The van der Waals surface area contributed by atoms with Crippen LogP contribution in [0, 0.1) is 5.41 Å². The summed E-state index contributed by atoms with van der Waals surface area (Å²) in [6.07, 6.45) is 29.5. The van der Waals surface area contributed by atoms with Crippen LogP contribution in [-0.2, 0) is 0 Å². The topological polar surface area (TPSA) is 35.9 Å². The van der Waals surface area contributed by atoms with Gasteiger partial charge < -0.3 is 9.89 Å². The summed E-state index contributed by atoms with van der Waals surface area (Å²) in [4.78, 5) is 0. The summed E-state index contributed by atoms with van der Waals surface area (Å²) in [5, 5.41) is 11.9. The minimum absolute atomic E-state index is 0.484. The van der Waals surface area contributed by atoms with Gasteiger partial charge in [-0.2, -0.15) is 12.6 Å². The number of likely N-dealkylation sites (N-methyl/N-ethyl adjacent to an activating group) is 1. The van der Waals surface area contributed by atoms with Crippen LogP contribution in [-0.4, -0.2) is 49.8 Å². The van der Waals surface area contributed by atoms with Gasteiger partial charge in [0, 0.05) is 24.0 Å². The molecule has 0 amide bonds. The predicted molar refractivity (Wildman–Crippen MR) is 197 cm³/mol. The molecular formula is C37H76N3S+. The molecule has 2 N–H and O–H groups in total. The monoisotopic (exact) mass is 595 g/mol. The van der Waals surface area contributed by atoms with Crippen LogP contribution in [0.3, 0.4) is 0 Å². The zero-order chi connectivity index (χ0) is 32.4. The van der Waals surface area contributed by atoms with Gasteiger partial charge in [-0.1, -0.05) is 131 Å². The summed E-state index contributed by atoms with van der Waals surface area (Å²) >= 11 is 3.53. The van der Waals surface area contributed by atoms with E-state index in [1.54, 1.807) is 6.26 Å². The summed E-state index contributed by atoms with van der Waals surface area (Å²) in [5.74, 6) is 0. The van der Waals surface area contributed by atoms with E-state index in [0.29, 0.717) is 11.9 Å². The first-order valence-electron chi connectivity index (χ1n) is 17.0. The average molecular weight is 595 g/mol. The molecule has 1 aliphatic rings. The molecule has 0 aromatic heterocycles. The smallest absolute Gasteiger partial charge is 0.142 e. The Morgan fingerprint density at radius 1 is 0.951 bits per heavy atom. The van der Waals surface area contributed by atoms with Crippen molar-refractivity contribution in [2.75, 3.05) is 33.4 Å². The van der Waals surface area contributed by atoms with Crippen LogP contribution in [0.15, 0.2) is 48.6 Å². The second-order valence-corrected chi connectivity index (χ2v) is 10.8. The number of hydrogen-bond acceptors (Lipinski definition) is 3. The van der Waals surface area contributed by atoms with Gasteiger partial charge in [0.25, 0.3) is 0 Å². The van der Waals surface area contributed by atoms with Crippen LogP contribution >= 0.6 is 12.6 Å². The molecule has 1 rings (SSSR count). The number of rotatable bonds is 18.